The molecule has 0 saturated carbocycles. The van der Waals surface area contributed by atoms with Crippen LogP contribution in [0.15, 0.2) is 362 Å². The summed E-state index contributed by atoms with van der Waals surface area (Å²) in [6, 6.07) is 132. The van der Waals surface area contributed by atoms with Crippen molar-refractivity contribution in [2.24, 2.45) is 0 Å². The number of anilines is 6. The van der Waals surface area contributed by atoms with Crippen molar-refractivity contribution in [3.63, 3.8) is 0 Å². The van der Waals surface area contributed by atoms with Crippen molar-refractivity contribution >= 4 is 77.9 Å². The second-order valence-corrected chi connectivity index (χ2v) is 25.1. The fraction of sp³-hybridized carbons (Fsp3) is 0.0110. The van der Waals surface area contributed by atoms with E-state index in [1.807, 2.05) is 6.07 Å². The first-order valence-electron chi connectivity index (χ1n) is 32.7. The Kier molecular flexibility index (Phi) is 12.5. The van der Waals surface area contributed by atoms with E-state index in [9.17, 15) is 0 Å². The number of hydrogen-bond donors (Lipinski definition) is 0. The summed E-state index contributed by atoms with van der Waals surface area (Å²) in [5.74, 6) is 0. The molecule has 0 atom stereocenters. The van der Waals surface area contributed by atoms with Crippen LogP contribution in [-0.4, -0.2) is 4.57 Å². The molecule has 15 aromatic carbocycles. The molecule has 4 heteroatoms. The van der Waals surface area contributed by atoms with Gasteiger partial charge in [0.25, 0.3) is 0 Å². The number of para-hydroxylation sites is 5. The average molecular weight is 1210 g/mol. The molecule has 19 rings (SSSR count). The first-order valence-corrected chi connectivity index (χ1v) is 32.7. The van der Waals surface area contributed by atoms with Crippen LogP contribution in [0, 0.1) is 0 Å². The van der Waals surface area contributed by atoms with Gasteiger partial charge in [-0.25, -0.2) is 0 Å². The normalized spacial score (nSPS) is 12.5. The van der Waals surface area contributed by atoms with Gasteiger partial charge in [0, 0.05) is 66.9 Å². The SMILES string of the molecule is c1ccc(-c2ccc(N(c3ccc(-c4cccc5c4oc4ccccc45)cc3)c3cc(-c4cccc5c4-c4ccccc4C54c5ccccc5-c5ccccc54)cc(N(c4ccccc4)c4ccc(-c5ccc(-n6c7ccccc7c7ccccc76)cc5)cc4)c3)cc2)cc1. The highest BCUT2D eigenvalue weighted by molar-refractivity contribution is 6.11. The topological polar surface area (TPSA) is 24.6 Å². The van der Waals surface area contributed by atoms with Crippen LogP contribution in [0.3, 0.4) is 0 Å². The minimum Gasteiger partial charge on any atom is -0.455 e. The molecule has 2 heterocycles. The molecule has 0 aliphatic heterocycles. The van der Waals surface area contributed by atoms with Crippen molar-refractivity contribution in [2.45, 2.75) is 5.41 Å². The molecule has 0 N–H and O–H groups in total. The zero-order valence-electron chi connectivity index (χ0n) is 51.8. The van der Waals surface area contributed by atoms with Crippen molar-refractivity contribution in [2.75, 3.05) is 9.80 Å². The lowest BCUT2D eigenvalue weighted by atomic mass is 9.70. The van der Waals surface area contributed by atoms with Gasteiger partial charge in [-0.05, 0) is 181 Å². The van der Waals surface area contributed by atoms with Crippen LogP contribution >= 0.6 is 0 Å². The number of fused-ring (bicyclic) bond motifs is 16. The van der Waals surface area contributed by atoms with E-state index in [4.69, 9.17) is 4.42 Å². The fourth-order valence-electron chi connectivity index (χ4n) is 15.9. The molecule has 0 unspecified atom stereocenters. The molecule has 4 nitrogen and oxygen atoms in total. The lowest BCUT2D eigenvalue weighted by molar-refractivity contribution is 0.670. The zero-order valence-corrected chi connectivity index (χ0v) is 51.8. The van der Waals surface area contributed by atoms with Crippen molar-refractivity contribution in [3.8, 4) is 72.4 Å². The zero-order chi connectivity index (χ0) is 62.6. The molecule has 444 valence electrons. The van der Waals surface area contributed by atoms with Crippen LogP contribution < -0.4 is 9.80 Å². The molecule has 17 aromatic rings. The molecule has 2 aliphatic rings. The molecule has 0 fully saturated rings. The summed E-state index contributed by atoms with van der Waals surface area (Å²) in [5, 5.41) is 4.73. The van der Waals surface area contributed by atoms with Gasteiger partial charge in [-0.1, -0.05) is 261 Å². The number of hydrogen-bond acceptors (Lipinski definition) is 3. The fourth-order valence-corrected chi connectivity index (χ4v) is 15.9. The van der Waals surface area contributed by atoms with Gasteiger partial charge in [-0.2, -0.15) is 0 Å². The van der Waals surface area contributed by atoms with Crippen LogP contribution in [0.2, 0.25) is 0 Å². The van der Waals surface area contributed by atoms with E-state index >= 15 is 0 Å². The highest BCUT2D eigenvalue weighted by Crippen LogP contribution is 2.64. The predicted molar refractivity (Wildman–Crippen MR) is 395 cm³/mol. The van der Waals surface area contributed by atoms with Gasteiger partial charge < -0.3 is 18.8 Å². The van der Waals surface area contributed by atoms with Gasteiger partial charge in [0.05, 0.1) is 16.4 Å². The van der Waals surface area contributed by atoms with Crippen molar-refractivity contribution in [1.82, 2.24) is 4.57 Å². The standard InChI is InChI=1S/C91H59N3O/c1-3-21-60(22-4-1)61-41-49-68(50-42-61)93(69-55-47-64(48-56-69)74-32-19-33-80-79-29-12-18-40-88(79)95-90(74)80)72-58-65(73-31-20-37-85-89(73)81-30-9-15-36-84(81)91(85)82-34-13-7-25-75(82)76-26-8-14-35-83(76)91)57-71(59-72)92(66-23-5-2-6-24-66)67-51-43-62(44-52-67)63-45-53-70(54-46-63)94-86-38-16-10-27-77(86)78-28-11-17-39-87(78)94/h1-59H. The maximum Gasteiger partial charge on any atom is 0.143 e. The first-order chi connectivity index (χ1) is 47.1. The van der Waals surface area contributed by atoms with E-state index < -0.39 is 5.41 Å². The van der Waals surface area contributed by atoms with Crippen molar-refractivity contribution in [3.05, 3.63) is 380 Å². The quantitative estimate of drug-likeness (QED) is 0.129. The number of aromatic nitrogens is 1. The van der Waals surface area contributed by atoms with Gasteiger partial charge in [-0.15, -0.1) is 0 Å². The van der Waals surface area contributed by atoms with Gasteiger partial charge >= 0.3 is 0 Å². The van der Waals surface area contributed by atoms with E-state index in [1.165, 1.54) is 71.9 Å². The molecule has 2 aromatic heterocycles. The Morgan fingerprint density at radius 2 is 0.642 bits per heavy atom. The van der Waals surface area contributed by atoms with Gasteiger partial charge in [0.1, 0.15) is 11.2 Å². The van der Waals surface area contributed by atoms with Gasteiger partial charge in [-0.3, -0.25) is 0 Å². The smallest absolute Gasteiger partial charge is 0.143 e. The van der Waals surface area contributed by atoms with Crippen LogP contribution in [0.25, 0.3) is 116 Å². The second-order valence-electron chi connectivity index (χ2n) is 25.1. The molecule has 0 amide bonds. The summed E-state index contributed by atoms with van der Waals surface area (Å²) < 4.78 is 9.02. The van der Waals surface area contributed by atoms with Crippen molar-refractivity contribution < 1.29 is 4.42 Å². The summed E-state index contributed by atoms with van der Waals surface area (Å²) in [5.41, 5.74) is 30.3. The van der Waals surface area contributed by atoms with E-state index in [0.717, 1.165) is 101 Å². The number of rotatable bonds is 11. The Hall–Kier alpha value is -12.5. The Morgan fingerprint density at radius 3 is 1.23 bits per heavy atom. The maximum absolute atomic E-state index is 6.64. The Balaban J connectivity index is 0.807. The van der Waals surface area contributed by atoms with E-state index in [-0.39, 0.29) is 0 Å². The summed E-state index contributed by atoms with van der Waals surface area (Å²) in [6.07, 6.45) is 0. The number of benzene rings is 15. The summed E-state index contributed by atoms with van der Waals surface area (Å²) in [4.78, 5) is 4.86. The highest BCUT2D eigenvalue weighted by Gasteiger charge is 2.52. The largest absolute Gasteiger partial charge is 0.455 e. The van der Waals surface area contributed by atoms with Gasteiger partial charge in [0.15, 0.2) is 0 Å². The van der Waals surface area contributed by atoms with E-state index in [2.05, 4.69) is 366 Å². The molecular weight excluding hydrogens is 1150 g/mol. The molecule has 0 saturated heterocycles. The van der Waals surface area contributed by atoms with E-state index in [0.29, 0.717) is 0 Å². The maximum atomic E-state index is 6.64. The third-order valence-electron chi connectivity index (χ3n) is 20.0. The molecule has 1 spiro atoms. The van der Waals surface area contributed by atoms with Gasteiger partial charge in [0.2, 0.25) is 0 Å². The van der Waals surface area contributed by atoms with E-state index in [1.54, 1.807) is 0 Å². The van der Waals surface area contributed by atoms with Crippen LogP contribution in [0.5, 0.6) is 0 Å². The average Bonchev–Trinajstić information content (AvgIpc) is 1.51. The third-order valence-corrected chi connectivity index (χ3v) is 20.0. The second kappa shape index (κ2) is 21.8. The molecule has 0 bridgehead atoms. The monoisotopic (exact) mass is 1210 g/mol. The van der Waals surface area contributed by atoms with Crippen LogP contribution in [0.1, 0.15) is 22.3 Å². The Morgan fingerprint density at radius 1 is 0.242 bits per heavy atom. The van der Waals surface area contributed by atoms with Crippen LogP contribution in [0.4, 0.5) is 34.1 Å². The number of furan rings is 1. The molecule has 95 heavy (non-hydrogen) atoms. The minimum atomic E-state index is -0.514. The predicted octanol–water partition coefficient (Wildman–Crippen LogP) is 24.6. The highest BCUT2D eigenvalue weighted by atomic mass is 16.3. The summed E-state index contributed by atoms with van der Waals surface area (Å²) in [7, 11) is 0. The van der Waals surface area contributed by atoms with Crippen molar-refractivity contribution in [1.29, 1.82) is 0 Å². The minimum absolute atomic E-state index is 0.514. The molecule has 2 aliphatic carbocycles. The lowest BCUT2D eigenvalue weighted by Gasteiger charge is -2.31. The first kappa shape index (κ1) is 54.3. The lowest BCUT2D eigenvalue weighted by Crippen LogP contribution is -2.25. The number of nitrogens with zero attached hydrogens (tertiary/aromatic N) is 3. The summed E-state index contributed by atoms with van der Waals surface area (Å²) >= 11 is 0. The van der Waals surface area contributed by atoms with Crippen LogP contribution in [-0.2, 0) is 5.41 Å². The Labute approximate surface area is 551 Å². The molecule has 0 radical (unpaired) electrons. The Bertz CT molecular complexity index is 5730. The molecular formula is C91H59N3O. The summed E-state index contributed by atoms with van der Waals surface area (Å²) in [6.45, 7) is 0. The third kappa shape index (κ3) is 8.55.